The quantitative estimate of drug-likeness (QED) is 0.575. The van der Waals surface area contributed by atoms with Gasteiger partial charge in [-0.15, -0.1) is 0 Å². The summed E-state index contributed by atoms with van der Waals surface area (Å²) in [5.74, 6) is 1.62. The minimum absolute atomic E-state index is 0.283. The Morgan fingerprint density at radius 3 is 2.86 bits per heavy atom. The lowest BCUT2D eigenvalue weighted by Crippen LogP contribution is -2.51. The maximum absolute atomic E-state index is 5.97. The standard InChI is InChI=1S/C16H32N4O/c1-4-13(5-2)9-18-16(17-3)19-10-15-11-20-8-6-7-14(20)12-21-15/h13-15H,4-12H2,1-3H3,(H2,17,18,19). The van der Waals surface area contributed by atoms with Crippen LogP contribution in [0.2, 0.25) is 0 Å². The van der Waals surface area contributed by atoms with E-state index < -0.39 is 0 Å². The van der Waals surface area contributed by atoms with E-state index in [1.54, 1.807) is 0 Å². The number of ether oxygens (including phenoxy) is 1. The molecule has 0 amide bonds. The van der Waals surface area contributed by atoms with Crippen molar-refractivity contribution in [3.63, 3.8) is 0 Å². The van der Waals surface area contributed by atoms with E-state index in [-0.39, 0.29) is 6.10 Å². The molecule has 2 aliphatic rings. The molecule has 5 heteroatoms. The van der Waals surface area contributed by atoms with Crippen molar-refractivity contribution < 1.29 is 4.74 Å². The fourth-order valence-corrected chi connectivity index (χ4v) is 3.26. The van der Waals surface area contributed by atoms with Gasteiger partial charge in [-0.05, 0) is 25.3 Å². The maximum atomic E-state index is 5.97. The van der Waals surface area contributed by atoms with Crippen LogP contribution >= 0.6 is 0 Å². The Kier molecular flexibility index (Phi) is 6.77. The number of hydrogen-bond donors (Lipinski definition) is 2. The van der Waals surface area contributed by atoms with Crippen LogP contribution in [0.25, 0.3) is 0 Å². The lowest BCUT2D eigenvalue weighted by atomic mass is 10.0. The molecule has 0 aromatic carbocycles. The first-order valence-corrected chi connectivity index (χ1v) is 8.56. The number of nitrogens with zero attached hydrogens (tertiary/aromatic N) is 2. The average Bonchev–Trinajstić information content (AvgIpc) is 2.98. The van der Waals surface area contributed by atoms with Gasteiger partial charge in [-0.3, -0.25) is 9.89 Å². The molecule has 0 saturated carbocycles. The fourth-order valence-electron chi connectivity index (χ4n) is 3.26. The van der Waals surface area contributed by atoms with Crippen molar-refractivity contribution in [2.75, 3.05) is 39.8 Å². The van der Waals surface area contributed by atoms with E-state index in [4.69, 9.17) is 4.74 Å². The van der Waals surface area contributed by atoms with Crippen LogP contribution in [0.5, 0.6) is 0 Å². The lowest BCUT2D eigenvalue weighted by Gasteiger charge is -2.35. The second-order valence-electron chi connectivity index (χ2n) is 6.26. The predicted molar refractivity (Wildman–Crippen MR) is 87.8 cm³/mol. The zero-order valence-electron chi connectivity index (χ0n) is 13.9. The van der Waals surface area contributed by atoms with Crippen molar-refractivity contribution in [2.45, 2.75) is 51.7 Å². The van der Waals surface area contributed by atoms with Crippen molar-refractivity contribution in [3.05, 3.63) is 0 Å². The van der Waals surface area contributed by atoms with Crippen molar-refractivity contribution in [3.8, 4) is 0 Å². The van der Waals surface area contributed by atoms with Crippen molar-refractivity contribution in [2.24, 2.45) is 10.9 Å². The summed E-state index contributed by atoms with van der Waals surface area (Å²) in [5, 5.41) is 6.84. The predicted octanol–water partition coefficient (Wildman–Crippen LogP) is 1.45. The molecule has 2 unspecified atom stereocenters. The summed E-state index contributed by atoms with van der Waals surface area (Å²) in [5.41, 5.74) is 0. The van der Waals surface area contributed by atoms with Gasteiger partial charge < -0.3 is 15.4 Å². The molecule has 0 radical (unpaired) electrons. The second kappa shape index (κ2) is 8.59. The molecule has 21 heavy (non-hydrogen) atoms. The van der Waals surface area contributed by atoms with E-state index in [0.717, 1.165) is 38.1 Å². The first-order chi connectivity index (χ1) is 10.3. The summed E-state index contributed by atoms with van der Waals surface area (Å²) in [6, 6.07) is 0.675. The summed E-state index contributed by atoms with van der Waals surface area (Å²) in [4.78, 5) is 6.88. The van der Waals surface area contributed by atoms with Gasteiger partial charge in [0, 0.05) is 32.7 Å². The topological polar surface area (TPSA) is 48.9 Å². The van der Waals surface area contributed by atoms with Crippen LogP contribution in [-0.2, 0) is 4.74 Å². The normalized spacial score (nSPS) is 27.0. The molecule has 2 saturated heterocycles. The molecule has 0 bridgehead atoms. The van der Waals surface area contributed by atoms with Crippen LogP contribution in [-0.4, -0.2) is 62.8 Å². The van der Waals surface area contributed by atoms with Crippen LogP contribution in [0.3, 0.4) is 0 Å². The zero-order chi connectivity index (χ0) is 15.1. The Morgan fingerprint density at radius 1 is 1.33 bits per heavy atom. The minimum Gasteiger partial charge on any atom is -0.373 e. The summed E-state index contributed by atoms with van der Waals surface area (Å²) in [6.45, 7) is 9.51. The van der Waals surface area contributed by atoms with Crippen molar-refractivity contribution in [1.29, 1.82) is 0 Å². The average molecular weight is 296 g/mol. The van der Waals surface area contributed by atoms with Gasteiger partial charge in [0.25, 0.3) is 0 Å². The largest absolute Gasteiger partial charge is 0.373 e. The fraction of sp³-hybridized carbons (Fsp3) is 0.938. The lowest BCUT2D eigenvalue weighted by molar-refractivity contribution is -0.0453. The van der Waals surface area contributed by atoms with Gasteiger partial charge in [0.1, 0.15) is 0 Å². The molecule has 2 heterocycles. The van der Waals surface area contributed by atoms with Crippen LogP contribution in [0.4, 0.5) is 0 Å². The molecule has 0 spiro atoms. The highest BCUT2D eigenvalue weighted by Gasteiger charge is 2.32. The molecule has 0 aromatic heterocycles. The number of morpholine rings is 1. The third-order valence-electron chi connectivity index (χ3n) is 4.90. The Bertz CT molecular complexity index is 330. The van der Waals surface area contributed by atoms with Crippen LogP contribution in [0.1, 0.15) is 39.5 Å². The molecular formula is C16H32N4O. The second-order valence-corrected chi connectivity index (χ2v) is 6.26. The van der Waals surface area contributed by atoms with E-state index in [1.165, 1.54) is 32.2 Å². The monoisotopic (exact) mass is 296 g/mol. The molecule has 0 aliphatic carbocycles. The van der Waals surface area contributed by atoms with Gasteiger partial charge in [0.2, 0.25) is 0 Å². The molecule has 122 valence electrons. The Labute approximate surface area is 129 Å². The number of aliphatic imine (C=N–C) groups is 1. The van der Waals surface area contributed by atoms with Gasteiger partial charge in [-0.1, -0.05) is 26.7 Å². The van der Waals surface area contributed by atoms with Crippen LogP contribution < -0.4 is 10.6 Å². The number of hydrogen-bond acceptors (Lipinski definition) is 3. The SMILES string of the molecule is CCC(CC)CNC(=NC)NCC1CN2CCCC2CO1. The van der Waals surface area contributed by atoms with Crippen molar-refractivity contribution >= 4 is 5.96 Å². The van der Waals surface area contributed by atoms with Crippen molar-refractivity contribution in [1.82, 2.24) is 15.5 Å². The molecule has 2 fully saturated rings. The van der Waals surface area contributed by atoms with Gasteiger partial charge in [-0.25, -0.2) is 0 Å². The first-order valence-electron chi connectivity index (χ1n) is 8.56. The van der Waals surface area contributed by atoms with E-state index in [1.807, 2.05) is 7.05 Å². The van der Waals surface area contributed by atoms with Gasteiger partial charge >= 0.3 is 0 Å². The first kappa shape index (κ1) is 16.6. The summed E-state index contributed by atoms with van der Waals surface area (Å²) >= 11 is 0. The number of guanidine groups is 1. The summed E-state index contributed by atoms with van der Waals surface area (Å²) in [7, 11) is 1.83. The molecule has 0 aromatic rings. The third kappa shape index (κ3) is 4.85. The van der Waals surface area contributed by atoms with E-state index in [0.29, 0.717) is 6.04 Å². The third-order valence-corrected chi connectivity index (χ3v) is 4.90. The Balaban J connectivity index is 1.68. The van der Waals surface area contributed by atoms with E-state index >= 15 is 0 Å². The van der Waals surface area contributed by atoms with E-state index in [9.17, 15) is 0 Å². The molecule has 2 N–H and O–H groups in total. The molecule has 2 aliphatic heterocycles. The van der Waals surface area contributed by atoms with Gasteiger partial charge in [-0.2, -0.15) is 0 Å². The minimum atomic E-state index is 0.283. The highest BCUT2D eigenvalue weighted by Crippen LogP contribution is 2.22. The van der Waals surface area contributed by atoms with E-state index in [2.05, 4.69) is 34.4 Å². The number of nitrogens with one attached hydrogen (secondary N) is 2. The number of rotatable bonds is 6. The van der Waals surface area contributed by atoms with Gasteiger partial charge in [0.05, 0.1) is 12.7 Å². The molecule has 5 nitrogen and oxygen atoms in total. The van der Waals surface area contributed by atoms with Crippen LogP contribution in [0, 0.1) is 5.92 Å². The molecule has 2 atom stereocenters. The van der Waals surface area contributed by atoms with Gasteiger partial charge in [0.15, 0.2) is 5.96 Å². The summed E-state index contributed by atoms with van der Waals surface area (Å²) < 4.78 is 5.97. The molecule has 2 rings (SSSR count). The molecular weight excluding hydrogens is 264 g/mol. The number of fused-ring (bicyclic) bond motifs is 1. The highest BCUT2D eigenvalue weighted by molar-refractivity contribution is 5.79. The van der Waals surface area contributed by atoms with Crippen LogP contribution in [0.15, 0.2) is 4.99 Å². The Hall–Kier alpha value is -0.810. The zero-order valence-corrected chi connectivity index (χ0v) is 13.9. The smallest absolute Gasteiger partial charge is 0.191 e. The highest BCUT2D eigenvalue weighted by atomic mass is 16.5. The summed E-state index contributed by atoms with van der Waals surface area (Å²) in [6.07, 6.45) is 5.34. The Morgan fingerprint density at radius 2 is 2.14 bits per heavy atom. The maximum Gasteiger partial charge on any atom is 0.191 e.